The molecule has 0 saturated heterocycles. The number of rotatable bonds is 6. The topological polar surface area (TPSA) is 134 Å². The van der Waals surface area contributed by atoms with E-state index in [0.29, 0.717) is 16.8 Å². The van der Waals surface area contributed by atoms with Gasteiger partial charge in [-0.25, -0.2) is 4.98 Å². The molecule has 132 valence electrons. The molecule has 26 heavy (non-hydrogen) atoms. The van der Waals surface area contributed by atoms with Gasteiger partial charge in [0, 0.05) is 35.6 Å². The third-order valence-corrected chi connectivity index (χ3v) is 3.84. The van der Waals surface area contributed by atoms with Crippen molar-refractivity contribution in [2.24, 2.45) is 5.73 Å². The van der Waals surface area contributed by atoms with Crippen LogP contribution in [0.15, 0.2) is 48.8 Å². The summed E-state index contributed by atoms with van der Waals surface area (Å²) >= 11 is 0. The molecule has 3 aromatic rings. The molecule has 0 saturated carbocycles. The maximum atomic E-state index is 12.0. The first-order chi connectivity index (χ1) is 12.4. The van der Waals surface area contributed by atoms with E-state index in [1.165, 1.54) is 0 Å². The first-order valence-electron chi connectivity index (χ1n) is 7.87. The van der Waals surface area contributed by atoms with Gasteiger partial charge >= 0.3 is 5.97 Å². The molecule has 8 nitrogen and oxygen atoms in total. The summed E-state index contributed by atoms with van der Waals surface area (Å²) in [6, 6.07) is 10.4. The van der Waals surface area contributed by atoms with E-state index in [0.717, 1.165) is 11.3 Å². The fourth-order valence-corrected chi connectivity index (χ4v) is 2.47. The molecule has 0 fully saturated rings. The Kier molecular flexibility index (Phi) is 4.66. The third-order valence-electron chi connectivity index (χ3n) is 3.84. The molecule has 0 aliphatic heterocycles. The molecule has 0 radical (unpaired) electrons. The largest absolute Gasteiger partial charge is 0.481 e. The minimum atomic E-state index is -0.958. The molecular formula is C18H17N5O3. The zero-order chi connectivity index (χ0) is 18.7. The number of nitrogens with two attached hydrogens (primary N) is 1. The monoisotopic (exact) mass is 351 g/mol. The number of hydrogen-bond acceptors (Lipinski definition) is 4. The van der Waals surface area contributed by atoms with Crippen LogP contribution in [0.2, 0.25) is 0 Å². The van der Waals surface area contributed by atoms with Gasteiger partial charge in [0.15, 0.2) is 0 Å². The Morgan fingerprint density at radius 2 is 1.92 bits per heavy atom. The van der Waals surface area contributed by atoms with Gasteiger partial charge in [-0.3, -0.25) is 15.0 Å². The quantitative estimate of drug-likeness (QED) is 0.394. The smallest absolute Gasteiger partial charge is 0.305 e. The van der Waals surface area contributed by atoms with Crippen molar-refractivity contribution in [1.82, 2.24) is 14.7 Å². The van der Waals surface area contributed by atoms with E-state index in [2.05, 4.69) is 10.3 Å². The Morgan fingerprint density at radius 1 is 1.19 bits per heavy atom. The predicted molar refractivity (Wildman–Crippen MR) is 96.2 cm³/mol. The molecule has 0 aliphatic carbocycles. The molecule has 8 heteroatoms. The van der Waals surface area contributed by atoms with Crippen molar-refractivity contribution < 1.29 is 14.7 Å². The summed E-state index contributed by atoms with van der Waals surface area (Å²) in [5, 5.41) is 18.6. The minimum absolute atomic E-state index is 0.0182. The number of pyridine rings is 1. The highest BCUT2D eigenvalue weighted by Crippen LogP contribution is 2.20. The Bertz CT molecular complexity index is 992. The second kappa shape index (κ2) is 7.06. The van der Waals surface area contributed by atoms with Crippen LogP contribution in [0.1, 0.15) is 22.3 Å². The Balaban J connectivity index is 1.77. The van der Waals surface area contributed by atoms with E-state index in [4.69, 9.17) is 16.2 Å². The number of carbonyl (C=O) groups is 2. The van der Waals surface area contributed by atoms with Gasteiger partial charge in [0.05, 0.1) is 12.1 Å². The van der Waals surface area contributed by atoms with E-state index < -0.39 is 5.97 Å². The molecule has 0 spiro atoms. The molecule has 1 amide bonds. The van der Waals surface area contributed by atoms with Gasteiger partial charge in [-0.2, -0.15) is 0 Å². The van der Waals surface area contributed by atoms with Crippen LogP contribution in [-0.2, 0) is 4.79 Å². The molecule has 0 aliphatic rings. The summed E-state index contributed by atoms with van der Waals surface area (Å²) in [5.41, 5.74) is 8.77. The van der Waals surface area contributed by atoms with Gasteiger partial charge in [0.1, 0.15) is 11.5 Å². The molecule has 0 atom stereocenters. The molecule has 3 rings (SSSR count). The number of amides is 1. The second-order valence-corrected chi connectivity index (χ2v) is 5.70. The number of nitrogens with one attached hydrogen (secondary N) is 2. The fraction of sp³-hybridized carbons (Fsp3) is 0.111. The number of benzene rings is 1. The second-order valence-electron chi connectivity index (χ2n) is 5.70. The standard InChI is InChI=1S/C18H17N5O3/c19-17(20)13-6-8-23-10-14(22-15(23)9-13)11-1-3-12(4-2-11)18(26)21-7-5-16(24)25/h1-4,6,8-10H,5,7H2,(H3,19,20)(H,21,26)(H,24,25). The van der Waals surface area contributed by atoms with E-state index in [9.17, 15) is 9.59 Å². The third kappa shape index (κ3) is 3.69. The summed E-state index contributed by atoms with van der Waals surface area (Å²) in [6.45, 7) is 0.0842. The zero-order valence-electron chi connectivity index (χ0n) is 13.8. The van der Waals surface area contributed by atoms with Crippen LogP contribution in [0.4, 0.5) is 0 Å². The van der Waals surface area contributed by atoms with Crippen molar-refractivity contribution >= 4 is 23.4 Å². The lowest BCUT2D eigenvalue weighted by Gasteiger charge is -2.04. The molecule has 5 N–H and O–H groups in total. The summed E-state index contributed by atoms with van der Waals surface area (Å²) in [4.78, 5) is 26.9. The molecule has 2 aromatic heterocycles. The Hall–Kier alpha value is -3.68. The fourth-order valence-electron chi connectivity index (χ4n) is 2.47. The van der Waals surface area contributed by atoms with Crippen LogP contribution >= 0.6 is 0 Å². The van der Waals surface area contributed by atoms with Gasteiger partial charge in [-0.1, -0.05) is 12.1 Å². The first kappa shape index (κ1) is 17.2. The van der Waals surface area contributed by atoms with E-state index in [-0.39, 0.29) is 24.7 Å². The molecule has 0 bridgehead atoms. The lowest BCUT2D eigenvalue weighted by atomic mass is 10.1. The average Bonchev–Trinajstić information content (AvgIpc) is 3.04. The van der Waals surface area contributed by atoms with E-state index in [1.54, 1.807) is 42.6 Å². The van der Waals surface area contributed by atoms with Crippen molar-refractivity contribution in [2.45, 2.75) is 6.42 Å². The summed E-state index contributed by atoms with van der Waals surface area (Å²) in [7, 11) is 0. The molecule has 2 heterocycles. The van der Waals surface area contributed by atoms with Crippen LogP contribution < -0.4 is 11.1 Å². The van der Waals surface area contributed by atoms with Gasteiger partial charge in [0.2, 0.25) is 0 Å². The number of hydrogen-bond donors (Lipinski definition) is 4. The molecule has 0 unspecified atom stereocenters. The molecular weight excluding hydrogens is 334 g/mol. The van der Waals surface area contributed by atoms with Crippen molar-refractivity contribution in [3.63, 3.8) is 0 Å². The summed E-state index contributed by atoms with van der Waals surface area (Å²) in [6.07, 6.45) is 3.52. The van der Waals surface area contributed by atoms with E-state index >= 15 is 0 Å². The number of carboxylic acid groups (broad SMARTS) is 1. The summed E-state index contributed by atoms with van der Waals surface area (Å²) < 4.78 is 1.83. The number of aliphatic carboxylic acids is 1. The number of nitrogens with zero attached hydrogens (tertiary/aromatic N) is 2. The lowest BCUT2D eigenvalue weighted by molar-refractivity contribution is -0.136. The van der Waals surface area contributed by atoms with Crippen molar-refractivity contribution in [1.29, 1.82) is 5.41 Å². The van der Waals surface area contributed by atoms with Crippen molar-refractivity contribution in [2.75, 3.05) is 6.54 Å². The number of fused-ring (bicyclic) bond motifs is 1. The number of carboxylic acids is 1. The van der Waals surface area contributed by atoms with E-state index in [1.807, 2.05) is 10.6 Å². The van der Waals surface area contributed by atoms with Crippen LogP contribution in [0.5, 0.6) is 0 Å². The maximum Gasteiger partial charge on any atom is 0.305 e. The van der Waals surface area contributed by atoms with Crippen LogP contribution in [0.3, 0.4) is 0 Å². The predicted octanol–water partition coefficient (Wildman–Crippen LogP) is 1.49. The highest BCUT2D eigenvalue weighted by molar-refractivity contribution is 5.96. The normalized spacial score (nSPS) is 10.6. The summed E-state index contributed by atoms with van der Waals surface area (Å²) in [5.74, 6) is -1.30. The number of amidine groups is 1. The Labute approximate surface area is 148 Å². The van der Waals surface area contributed by atoms with Crippen LogP contribution in [0.25, 0.3) is 16.9 Å². The van der Waals surface area contributed by atoms with Gasteiger partial charge in [0.25, 0.3) is 5.91 Å². The number of aromatic nitrogens is 2. The van der Waals surface area contributed by atoms with Gasteiger partial charge < -0.3 is 20.6 Å². The SMILES string of the molecule is N=C(N)c1ccn2cc(-c3ccc(C(=O)NCCC(=O)O)cc3)nc2c1. The molecule has 1 aromatic carbocycles. The van der Waals surface area contributed by atoms with Gasteiger partial charge in [-0.05, 0) is 24.3 Å². The first-order valence-corrected chi connectivity index (χ1v) is 7.87. The lowest BCUT2D eigenvalue weighted by Crippen LogP contribution is -2.25. The van der Waals surface area contributed by atoms with Crippen LogP contribution in [0, 0.1) is 5.41 Å². The maximum absolute atomic E-state index is 12.0. The number of imidazole rings is 1. The highest BCUT2D eigenvalue weighted by atomic mass is 16.4. The van der Waals surface area contributed by atoms with Crippen molar-refractivity contribution in [3.05, 3.63) is 59.9 Å². The zero-order valence-corrected chi connectivity index (χ0v) is 13.8. The van der Waals surface area contributed by atoms with Crippen LogP contribution in [-0.4, -0.2) is 38.7 Å². The average molecular weight is 351 g/mol. The van der Waals surface area contributed by atoms with Gasteiger partial charge in [-0.15, -0.1) is 0 Å². The number of nitrogen functional groups attached to an aromatic ring is 1. The minimum Gasteiger partial charge on any atom is -0.481 e. The van der Waals surface area contributed by atoms with Crippen molar-refractivity contribution in [3.8, 4) is 11.3 Å². The number of carbonyl (C=O) groups excluding carboxylic acids is 1. The Morgan fingerprint density at radius 3 is 2.58 bits per heavy atom. The highest BCUT2D eigenvalue weighted by Gasteiger charge is 2.09.